The average molecular weight is 534 g/mol. The predicted octanol–water partition coefficient (Wildman–Crippen LogP) is 5.28. The van der Waals surface area contributed by atoms with Gasteiger partial charge in [-0.15, -0.1) is 0 Å². The van der Waals surface area contributed by atoms with Crippen molar-refractivity contribution in [3.8, 4) is 11.5 Å². The first-order valence-corrected chi connectivity index (χ1v) is 13.2. The van der Waals surface area contributed by atoms with Crippen LogP contribution in [0.3, 0.4) is 0 Å². The largest absolute Gasteiger partial charge is 0.497 e. The number of ether oxygens (including phenoxy) is 2. The summed E-state index contributed by atoms with van der Waals surface area (Å²) in [6.45, 7) is 0. The third-order valence-electron chi connectivity index (χ3n) is 5.52. The molecule has 2 amide bonds. The van der Waals surface area contributed by atoms with Gasteiger partial charge in [-0.1, -0.05) is 59.9 Å². The number of oxazole rings is 1. The van der Waals surface area contributed by atoms with Crippen molar-refractivity contribution >= 4 is 52.5 Å². The maximum atomic E-state index is 13.5. The maximum Gasteiger partial charge on any atom is 0.280 e. The van der Waals surface area contributed by atoms with E-state index in [0.29, 0.717) is 27.2 Å². The summed E-state index contributed by atoms with van der Waals surface area (Å²) in [5.41, 5.74) is 5.80. The molecule has 1 unspecified atom stereocenters. The van der Waals surface area contributed by atoms with Gasteiger partial charge in [0.05, 0.1) is 24.9 Å². The van der Waals surface area contributed by atoms with Crippen LogP contribution >= 0.6 is 23.5 Å². The van der Waals surface area contributed by atoms with Gasteiger partial charge in [-0.2, -0.15) is 0 Å². The summed E-state index contributed by atoms with van der Waals surface area (Å²) < 4.78 is 16.4. The third-order valence-corrected chi connectivity index (χ3v) is 7.60. The number of hydrogen-bond acceptors (Lipinski definition) is 8. The fourth-order valence-corrected chi connectivity index (χ4v) is 5.57. The molecule has 0 aliphatic carbocycles. The van der Waals surface area contributed by atoms with E-state index < -0.39 is 5.37 Å². The number of hydrogen-bond donors (Lipinski definition) is 1. The quantitative estimate of drug-likeness (QED) is 0.241. The molecule has 0 saturated carbocycles. The SMILES string of the molecule is COc1cccc(/C=C2\SC(c3cccc(OC)c3)N(NC(=O)CSc3nc4ccccc4o3)C2=O)c1. The molecule has 1 saturated heterocycles. The van der Waals surface area contributed by atoms with Crippen LogP contribution in [0.2, 0.25) is 0 Å². The minimum Gasteiger partial charge on any atom is -0.497 e. The Bertz CT molecular complexity index is 1450. The summed E-state index contributed by atoms with van der Waals surface area (Å²) >= 11 is 2.52. The molecule has 1 aliphatic heterocycles. The zero-order valence-electron chi connectivity index (χ0n) is 20.0. The van der Waals surface area contributed by atoms with E-state index in [4.69, 9.17) is 13.9 Å². The highest BCUT2D eigenvalue weighted by Gasteiger charge is 2.38. The van der Waals surface area contributed by atoms with Crippen LogP contribution in [0.5, 0.6) is 11.5 Å². The number of aromatic nitrogens is 1. The first kappa shape index (κ1) is 24.8. The van der Waals surface area contributed by atoms with Gasteiger partial charge in [0.15, 0.2) is 5.58 Å². The van der Waals surface area contributed by atoms with Gasteiger partial charge in [-0.05, 0) is 53.6 Å². The molecule has 188 valence electrons. The second-order valence-corrected chi connectivity index (χ2v) is 10.0. The molecule has 0 bridgehead atoms. The van der Waals surface area contributed by atoms with Crippen LogP contribution in [0.25, 0.3) is 17.2 Å². The van der Waals surface area contributed by atoms with E-state index in [2.05, 4.69) is 10.4 Å². The van der Waals surface area contributed by atoms with Crippen molar-refractivity contribution in [3.63, 3.8) is 0 Å². The summed E-state index contributed by atoms with van der Waals surface area (Å²) in [6, 6.07) is 22.3. The van der Waals surface area contributed by atoms with Gasteiger partial charge in [0.25, 0.3) is 11.1 Å². The van der Waals surface area contributed by atoms with Crippen LogP contribution in [-0.2, 0) is 9.59 Å². The lowest BCUT2D eigenvalue weighted by Gasteiger charge is -2.24. The highest BCUT2D eigenvalue weighted by Crippen LogP contribution is 2.45. The number of hydrazine groups is 1. The van der Waals surface area contributed by atoms with Gasteiger partial charge in [-0.25, -0.2) is 9.99 Å². The Kier molecular flexibility index (Phi) is 7.38. The molecule has 3 aromatic carbocycles. The molecule has 1 aliphatic rings. The first-order valence-electron chi connectivity index (χ1n) is 11.3. The van der Waals surface area contributed by atoms with Crippen molar-refractivity contribution in [2.75, 3.05) is 20.0 Å². The minimum absolute atomic E-state index is 0.0288. The molecule has 5 rings (SSSR count). The van der Waals surface area contributed by atoms with Crippen molar-refractivity contribution in [1.82, 2.24) is 15.4 Å². The fourth-order valence-electron chi connectivity index (χ4n) is 3.76. The number of fused-ring (bicyclic) bond motifs is 1. The lowest BCUT2D eigenvalue weighted by Crippen LogP contribution is -2.45. The van der Waals surface area contributed by atoms with E-state index in [9.17, 15) is 9.59 Å². The number of para-hydroxylation sites is 2. The van der Waals surface area contributed by atoms with Crippen LogP contribution in [0.1, 0.15) is 16.5 Å². The van der Waals surface area contributed by atoms with Gasteiger partial charge in [0.2, 0.25) is 5.91 Å². The zero-order chi connectivity index (χ0) is 25.8. The number of nitrogens with one attached hydrogen (secondary N) is 1. The normalized spacial score (nSPS) is 16.4. The molecule has 10 heteroatoms. The Hall–Kier alpha value is -3.89. The van der Waals surface area contributed by atoms with Crippen LogP contribution < -0.4 is 14.9 Å². The molecule has 0 radical (unpaired) electrons. The predicted molar refractivity (Wildman–Crippen MR) is 144 cm³/mol. The van der Waals surface area contributed by atoms with Crippen LogP contribution in [0, 0.1) is 0 Å². The molecule has 0 spiro atoms. The van der Waals surface area contributed by atoms with Gasteiger partial charge >= 0.3 is 0 Å². The number of nitrogens with zero attached hydrogens (tertiary/aromatic N) is 2. The van der Waals surface area contributed by atoms with E-state index in [1.54, 1.807) is 20.3 Å². The van der Waals surface area contributed by atoms with Crippen LogP contribution in [-0.4, -0.2) is 41.8 Å². The van der Waals surface area contributed by atoms with Crippen molar-refractivity contribution in [3.05, 3.63) is 88.8 Å². The van der Waals surface area contributed by atoms with Crippen molar-refractivity contribution in [1.29, 1.82) is 0 Å². The summed E-state index contributed by atoms with van der Waals surface area (Å²) in [5.74, 6) is 0.725. The monoisotopic (exact) mass is 533 g/mol. The minimum atomic E-state index is -0.474. The van der Waals surface area contributed by atoms with Gasteiger partial charge in [0.1, 0.15) is 22.4 Å². The summed E-state index contributed by atoms with van der Waals surface area (Å²) in [4.78, 5) is 31.2. The maximum absolute atomic E-state index is 13.5. The Balaban J connectivity index is 1.37. The lowest BCUT2D eigenvalue weighted by molar-refractivity contribution is -0.137. The number of carbonyl (C=O) groups excluding carboxylic acids is 2. The van der Waals surface area contributed by atoms with E-state index in [-0.39, 0.29) is 17.6 Å². The molecule has 1 N–H and O–H groups in total. The number of benzene rings is 3. The van der Waals surface area contributed by atoms with Crippen molar-refractivity contribution in [2.45, 2.75) is 10.6 Å². The van der Waals surface area contributed by atoms with Gasteiger partial charge < -0.3 is 13.9 Å². The molecular formula is C27H23N3O5S2. The Morgan fingerprint density at radius 1 is 1.08 bits per heavy atom. The highest BCUT2D eigenvalue weighted by molar-refractivity contribution is 8.04. The molecule has 4 aromatic rings. The molecular weight excluding hydrogens is 510 g/mol. The molecule has 1 aromatic heterocycles. The number of amides is 2. The fraction of sp³-hybridized carbons (Fsp3) is 0.148. The molecule has 2 heterocycles. The summed E-state index contributed by atoms with van der Waals surface area (Å²) in [6.07, 6.45) is 1.79. The number of rotatable bonds is 8. The summed E-state index contributed by atoms with van der Waals surface area (Å²) in [7, 11) is 3.18. The van der Waals surface area contributed by atoms with Crippen molar-refractivity contribution in [2.24, 2.45) is 0 Å². The third kappa shape index (κ3) is 5.60. The summed E-state index contributed by atoms with van der Waals surface area (Å²) in [5, 5.41) is 1.28. The number of thioether (sulfide) groups is 2. The highest BCUT2D eigenvalue weighted by atomic mass is 32.2. The average Bonchev–Trinajstić information content (AvgIpc) is 3.48. The lowest BCUT2D eigenvalue weighted by atomic mass is 10.2. The van der Waals surface area contributed by atoms with Crippen molar-refractivity contribution < 1.29 is 23.5 Å². The Morgan fingerprint density at radius 2 is 1.84 bits per heavy atom. The molecule has 8 nitrogen and oxygen atoms in total. The molecule has 1 fully saturated rings. The molecule has 37 heavy (non-hydrogen) atoms. The second kappa shape index (κ2) is 11.0. The zero-order valence-corrected chi connectivity index (χ0v) is 21.7. The van der Waals surface area contributed by atoms with E-state index in [1.165, 1.54) is 28.5 Å². The first-order chi connectivity index (χ1) is 18.0. The van der Waals surface area contributed by atoms with E-state index in [1.807, 2.05) is 72.8 Å². The van der Waals surface area contributed by atoms with E-state index in [0.717, 1.165) is 16.6 Å². The smallest absolute Gasteiger partial charge is 0.280 e. The standard InChI is InChI=1S/C27H23N3O5S2/c1-33-19-9-5-7-17(13-19)14-23-25(32)30(26(37-23)18-8-6-10-20(15-18)34-2)29-24(31)16-36-27-28-21-11-3-4-12-22(21)35-27/h3-15,26H,16H2,1-2H3,(H,29,31)/b23-14-. The topological polar surface area (TPSA) is 93.9 Å². The van der Waals surface area contributed by atoms with Crippen LogP contribution in [0.15, 0.2) is 87.3 Å². The molecule has 1 atom stereocenters. The number of carbonyl (C=O) groups is 2. The van der Waals surface area contributed by atoms with Gasteiger partial charge in [0, 0.05) is 0 Å². The van der Waals surface area contributed by atoms with Crippen LogP contribution in [0.4, 0.5) is 0 Å². The van der Waals surface area contributed by atoms with E-state index >= 15 is 0 Å². The van der Waals surface area contributed by atoms with Gasteiger partial charge in [-0.3, -0.25) is 15.0 Å². The number of methoxy groups -OCH3 is 2. The Morgan fingerprint density at radius 3 is 2.62 bits per heavy atom. The second-order valence-electron chi connectivity index (χ2n) is 7.98. The Labute approximate surface area is 222 Å².